The molecule has 0 bridgehead atoms. The highest BCUT2D eigenvalue weighted by atomic mass is 35.5. The molecule has 1 aliphatic heterocycles. The van der Waals surface area contributed by atoms with Crippen molar-refractivity contribution in [2.75, 3.05) is 23.1 Å². The number of halogens is 5. The van der Waals surface area contributed by atoms with E-state index in [1.807, 2.05) is 0 Å². The van der Waals surface area contributed by atoms with Crippen LogP contribution in [0.15, 0.2) is 35.6 Å². The lowest BCUT2D eigenvalue weighted by Gasteiger charge is -2.45. The number of alkyl halides is 3. The summed E-state index contributed by atoms with van der Waals surface area (Å²) in [6.07, 6.45) is 1.22. The minimum atomic E-state index is -4.33. The van der Waals surface area contributed by atoms with Gasteiger partial charge in [-0.1, -0.05) is 18.0 Å². The molecule has 1 aromatic carbocycles. The van der Waals surface area contributed by atoms with Crippen LogP contribution in [0.2, 0.25) is 5.02 Å². The summed E-state index contributed by atoms with van der Waals surface area (Å²) in [5.41, 5.74) is 0.141. The van der Waals surface area contributed by atoms with Crippen LogP contribution in [-0.2, 0) is 10.0 Å². The number of sulfonamides is 1. The monoisotopic (exact) mass is 535 g/mol. The van der Waals surface area contributed by atoms with E-state index in [9.17, 15) is 26.0 Å². The summed E-state index contributed by atoms with van der Waals surface area (Å²) in [5, 5.41) is 3.07. The van der Waals surface area contributed by atoms with Crippen LogP contribution in [0.3, 0.4) is 0 Å². The van der Waals surface area contributed by atoms with Gasteiger partial charge in [-0.05, 0) is 63.4 Å². The Labute approximate surface area is 206 Å². The molecule has 1 aliphatic carbocycles. The third-order valence-electron chi connectivity index (χ3n) is 6.61. The number of benzene rings is 1. The van der Waals surface area contributed by atoms with Crippen LogP contribution in [0.4, 0.5) is 29.1 Å². The zero-order chi connectivity index (χ0) is 25.2. The van der Waals surface area contributed by atoms with Crippen molar-refractivity contribution in [3.05, 3.63) is 41.6 Å². The SMILES string of the molecule is O=S(=O)(Nc1ccncn1)c1cc(Cl)c(N[C@H]2CC[C@H](C(F)(F)F)C[C@@H]2N2CCCCC2)cc1F. The van der Waals surface area contributed by atoms with Crippen LogP contribution >= 0.6 is 11.6 Å². The van der Waals surface area contributed by atoms with Crippen molar-refractivity contribution in [3.63, 3.8) is 0 Å². The molecule has 13 heteroatoms. The van der Waals surface area contributed by atoms with Gasteiger partial charge in [-0.15, -0.1) is 0 Å². The molecule has 2 aromatic rings. The lowest BCUT2D eigenvalue weighted by atomic mass is 9.80. The van der Waals surface area contributed by atoms with E-state index in [1.165, 1.54) is 12.3 Å². The maximum atomic E-state index is 14.9. The zero-order valence-corrected chi connectivity index (χ0v) is 20.3. The Hall–Kier alpha value is -2.18. The number of nitrogens with one attached hydrogen (secondary N) is 2. The Morgan fingerprint density at radius 1 is 1.11 bits per heavy atom. The molecule has 192 valence electrons. The standard InChI is InChI=1S/C22H26ClF4N5O2S/c23-15-11-20(35(33,34)31-21-6-7-28-13-29-21)16(24)12-18(15)30-17-5-4-14(22(25,26)27)10-19(17)32-8-2-1-3-9-32/h6-7,11-14,17,19,30H,1-5,8-10H2,(H,28,29,31)/t14-,17-,19-/m0/s1. The molecular formula is C22H26ClF4N5O2S. The molecule has 0 radical (unpaired) electrons. The van der Waals surface area contributed by atoms with Crippen molar-refractivity contribution < 1.29 is 26.0 Å². The lowest BCUT2D eigenvalue weighted by Crippen LogP contribution is -2.53. The normalized spacial score (nSPS) is 24.2. The van der Waals surface area contributed by atoms with Gasteiger partial charge in [0.25, 0.3) is 10.0 Å². The fraction of sp³-hybridized carbons (Fsp3) is 0.545. The van der Waals surface area contributed by atoms with Crippen molar-refractivity contribution in [2.24, 2.45) is 5.92 Å². The number of aromatic nitrogens is 2. The summed E-state index contributed by atoms with van der Waals surface area (Å²) in [4.78, 5) is 8.86. The first kappa shape index (κ1) is 25.9. The molecule has 1 saturated carbocycles. The van der Waals surface area contributed by atoms with Crippen molar-refractivity contribution in [2.45, 2.75) is 61.7 Å². The van der Waals surface area contributed by atoms with Crippen LogP contribution in [0.1, 0.15) is 38.5 Å². The van der Waals surface area contributed by atoms with Gasteiger partial charge in [0.05, 0.1) is 16.6 Å². The van der Waals surface area contributed by atoms with Gasteiger partial charge < -0.3 is 5.32 Å². The van der Waals surface area contributed by atoms with Gasteiger partial charge in [0.2, 0.25) is 0 Å². The van der Waals surface area contributed by atoms with Crippen molar-refractivity contribution >= 4 is 33.1 Å². The van der Waals surface area contributed by atoms with E-state index in [1.54, 1.807) is 0 Å². The average Bonchev–Trinajstić information content (AvgIpc) is 2.81. The molecule has 0 amide bonds. The number of rotatable bonds is 6. The summed E-state index contributed by atoms with van der Waals surface area (Å²) in [7, 11) is -4.33. The maximum absolute atomic E-state index is 14.9. The highest BCUT2D eigenvalue weighted by Gasteiger charge is 2.46. The summed E-state index contributed by atoms with van der Waals surface area (Å²) < 4.78 is 82.9. The first-order valence-corrected chi connectivity index (χ1v) is 13.3. The molecule has 2 aliphatic rings. The Morgan fingerprint density at radius 3 is 2.51 bits per heavy atom. The Bertz CT molecular complexity index is 1130. The number of piperidine rings is 1. The summed E-state index contributed by atoms with van der Waals surface area (Å²) in [6, 6.07) is 2.49. The first-order chi connectivity index (χ1) is 16.5. The van der Waals surface area contributed by atoms with Crippen LogP contribution in [0, 0.1) is 11.7 Å². The third kappa shape index (κ3) is 6.15. The molecule has 7 nitrogen and oxygen atoms in total. The van der Waals surface area contributed by atoms with Crippen molar-refractivity contribution in [3.8, 4) is 0 Å². The largest absolute Gasteiger partial charge is 0.391 e. The molecule has 1 saturated heterocycles. The summed E-state index contributed by atoms with van der Waals surface area (Å²) in [5.74, 6) is -2.47. The quantitative estimate of drug-likeness (QED) is 0.502. The van der Waals surface area contributed by atoms with Gasteiger partial charge >= 0.3 is 6.18 Å². The van der Waals surface area contributed by atoms with Gasteiger partial charge in [0.1, 0.15) is 22.9 Å². The van der Waals surface area contributed by atoms with Crippen LogP contribution in [0.5, 0.6) is 0 Å². The molecule has 2 N–H and O–H groups in total. The minimum absolute atomic E-state index is 0.0384. The second-order valence-electron chi connectivity index (χ2n) is 8.93. The Kier molecular flexibility index (Phi) is 7.72. The second-order valence-corrected chi connectivity index (χ2v) is 11.0. The van der Waals surface area contributed by atoms with Gasteiger partial charge in [-0.25, -0.2) is 22.8 Å². The summed E-state index contributed by atoms with van der Waals surface area (Å²) >= 11 is 6.32. The number of hydrogen-bond donors (Lipinski definition) is 2. The van der Waals surface area contributed by atoms with E-state index >= 15 is 0 Å². The first-order valence-electron chi connectivity index (χ1n) is 11.4. The van der Waals surface area contributed by atoms with Gasteiger partial charge in [-0.2, -0.15) is 13.2 Å². The molecule has 0 spiro atoms. The van der Waals surface area contributed by atoms with Crippen LogP contribution in [0.25, 0.3) is 0 Å². The van der Waals surface area contributed by atoms with E-state index < -0.39 is 38.9 Å². The Balaban J connectivity index is 1.56. The Morgan fingerprint density at radius 2 is 1.86 bits per heavy atom. The highest BCUT2D eigenvalue weighted by molar-refractivity contribution is 7.92. The second kappa shape index (κ2) is 10.4. The van der Waals surface area contributed by atoms with E-state index in [-0.39, 0.29) is 41.8 Å². The topological polar surface area (TPSA) is 87.2 Å². The van der Waals surface area contributed by atoms with Gasteiger partial charge in [0, 0.05) is 18.3 Å². The maximum Gasteiger partial charge on any atom is 0.391 e. The molecular weight excluding hydrogens is 510 g/mol. The smallest absolute Gasteiger partial charge is 0.379 e. The number of nitrogens with zero attached hydrogens (tertiary/aromatic N) is 3. The molecule has 4 rings (SSSR count). The summed E-state index contributed by atoms with van der Waals surface area (Å²) in [6.45, 7) is 1.42. The molecule has 1 aromatic heterocycles. The van der Waals surface area contributed by atoms with E-state index in [2.05, 4.69) is 24.9 Å². The predicted molar refractivity (Wildman–Crippen MR) is 124 cm³/mol. The molecule has 2 fully saturated rings. The van der Waals surface area contributed by atoms with Gasteiger partial charge in [0.15, 0.2) is 0 Å². The fourth-order valence-electron chi connectivity index (χ4n) is 4.85. The van der Waals surface area contributed by atoms with Crippen LogP contribution in [-0.4, -0.2) is 54.6 Å². The van der Waals surface area contributed by atoms with E-state index in [4.69, 9.17) is 11.6 Å². The lowest BCUT2D eigenvalue weighted by molar-refractivity contribution is -0.187. The van der Waals surface area contributed by atoms with E-state index in [0.717, 1.165) is 37.7 Å². The number of likely N-dealkylation sites (tertiary alicyclic amines) is 1. The van der Waals surface area contributed by atoms with Gasteiger partial charge in [-0.3, -0.25) is 9.62 Å². The van der Waals surface area contributed by atoms with Crippen molar-refractivity contribution in [1.29, 1.82) is 0 Å². The number of anilines is 2. The fourth-order valence-corrected chi connectivity index (χ4v) is 6.23. The molecule has 35 heavy (non-hydrogen) atoms. The molecule has 0 unspecified atom stereocenters. The predicted octanol–water partition coefficient (Wildman–Crippen LogP) is 5.07. The van der Waals surface area contributed by atoms with Crippen LogP contribution < -0.4 is 10.0 Å². The zero-order valence-electron chi connectivity index (χ0n) is 18.7. The third-order valence-corrected chi connectivity index (χ3v) is 8.29. The van der Waals surface area contributed by atoms with Crippen molar-refractivity contribution in [1.82, 2.24) is 14.9 Å². The number of hydrogen-bond acceptors (Lipinski definition) is 6. The van der Waals surface area contributed by atoms with E-state index in [0.29, 0.717) is 13.1 Å². The molecule has 3 atom stereocenters. The minimum Gasteiger partial charge on any atom is -0.379 e. The molecule has 2 heterocycles. The average molecular weight is 536 g/mol. The highest BCUT2D eigenvalue weighted by Crippen LogP contribution is 2.41.